The monoisotopic (exact) mass is 435 g/mol. The second-order valence-electron chi connectivity index (χ2n) is 6.49. The van der Waals surface area contributed by atoms with Gasteiger partial charge in [0.1, 0.15) is 11.3 Å². The molecule has 0 atom stereocenters. The molecule has 0 spiro atoms. The van der Waals surface area contributed by atoms with Crippen LogP contribution in [0.5, 0.6) is 0 Å². The summed E-state index contributed by atoms with van der Waals surface area (Å²) in [5.74, 6) is 0. The average molecular weight is 436 g/mol. The molecule has 0 bridgehead atoms. The van der Waals surface area contributed by atoms with E-state index in [0.717, 1.165) is 21.5 Å². The first-order chi connectivity index (χ1) is 14.7. The highest BCUT2D eigenvalue weighted by molar-refractivity contribution is 7.15. The lowest BCUT2D eigenvalue weighted by molar-refractivity contribution is 0.546. The summed E-state index contributed by atoms with van der Waals surface area (Å²) in [6.07, 6.45) is 3.35. The maximum atomic E-state index is 12.6. The van der Waals surface area contributed by atoms with Gasteiger partial charge in [-0.05, 0) is 18.2 Å². The number of aromatic nitrogens is 4. The van der Waals surface area contributed by atoms with Gasteiger partial charge in [0.15, 0.2) is 10.2 Å². The fourth-order valence-corrected chi connectivity index (χ4v) is 3.94. The molecule has 148 valence electrons. The molecule has 0 radical (unpaired) electrons. The van der Waals surface area contributed by atoms with Crippen molar-refractivity contribution in [3.63, 3.8) is 0 Å². The standard InChI is InChI=1S/C21H14ClN5O2S/c22-21-24-11-16(30-21)10-23-15-7-6-14-8-18(20(28)29-19(14)9-15)27-25-12-17(26-27)13-4-2-1-3-5-13/h1-9,11-12,23H,10H2. The van der Waals surface area contributed by atoms with E-state index in [2.05, 4.69) is 20.5 Å². The SMILES string of the molecule is O=c1oc2cc(NCc3cnc(Cl)s3)ccc2cc1-n1ncc(-c2ccccc2)n1. The molecule has 7 nitrogen and oxygen atoms in total. The molecular formula is C21H14ClN5O2S. The van der Waals surface area contributed by atoms with Gasteiger partial charge in [-0.3, -0.25) is 0 Å². The van der Waals surface area contributed by atoms with Crippen molar-refractivity contribution in [2.24, 2.45) is 0 Å². The minimum Gasteiger partial charge on any atom is -0.421 e. The normalized spacial score (nSPS) is 11.1. The van der Waals surface area contributed by atoms with Gasteiger partial charge in [-0.25, -0.2) is 9.78 Å². The molecule has 5 rings (SSSR count). The van der Waals surface area contributed by atoms with Gasteiger partial charge in [0.2, 0.25) is 0 Å². The summed E-state index contributed by atoms with van der Waals surface area (Å²) in [7, 11) is 0. The zero-order chi connectivity index (χ0) is 20.5. The van der Waals surface area contributed by atoms with Crippen LogP contribution in [0.25, 0.3) is 27.9 Å². The molecule has 30 heavy (non-hydrogen) atoms. The summed E-state index contributed by atoms with van der Waals surface area (Å²) in [6.45, 7) is 0.581. The van der Waals surface area contributed by atoms with Crippen molar-refractivity contribution >= 4 is 39.6 Å². The number of thiazole rings is 1. The van der Waals surface area contributed by atoms with Gasteiger partial charge >= 0.3 is 5.63 Å². The zero-order valence-electron chi connectivity index (χ0n) is 15.4. The third-order valence-corrected chi connectivity index (χ3v) is 5.60. The Kier molecular flexibility index (Phi) is 4.78. The summed E-state index contributed by atoms with van der Waals surface area (Å²) in [4.78, 5) is 18.9. The summed E-state index contributed by atoms with van der Waals surface area (Å²) in [6, 6.07) is 17.0. The first-order valence-electron chi connectivity index (χ1n) is 9.06. The highest BCUT2D eigenvalue weighted by Gasteiger charge is 2.12. The Labute approximate surface area is 179 Å². The van der Waals surface area contributed by atoms with Crippen LogP contribution in [-0.4, -0.2) is 20.0 Å². The molecule has 0 saturated heterocycles. The second-order valence-corrected chi connectivity index (χ2v) is 8.19. The van der Waals surface area contributed by atoms with Crippen molar-refractivity contribution in [2.45, 2.75) is 6.54 Å². The summed E-state index contributed by atoms with van der Waals surface area (Å²) in [5.41, 5.74) is 2.65. The number of nitrogens with one attached hydrogen (secondary N) is 1. The molecule has 3 aromatic heterocycles. The Balaban J connectivity index is 1.43. The molecule has 2 aromatic carbocycles. The first-order valence-corrected chi connectivity index (χ1v) is 10.3. The van der Waals surface area contributed by atoms with Gasteiger partial charge in [-0.2, -0.15) is 5.10 Å². The van der Waals surface area contributed by atoms with Crippen molar-refractivity contribution in [2.75, 3.05) is 5.32 Å². The number of hydrogen-bond acceptors (Lipinski definition) is 7. The molecule has 0 saturated carbocycles. The van der Waals surface area contributed by atoms with E-state index < -0.39 is 5.63 Å². The fourth-order valence-electron chi connectivity index (χ4n) is 3.02. The van der Waals surface area contributed by atoms with Crippen molar-refractivity contribution in [1.82, 2.24) is 20.0 Å². The van der Waals surface area contributed by atoms with Crippen molar-refractivity contribution < 1.29 is 4.42 Å². The number of rotatable bonds is 5. The first kappa shape index (κ1) is 18.5. The van der Waals surface area contributed by atoms with Crippen LogP contribution in [0.2, 0.25) is 4.47 Å². The van der Waals surface area contributed by atoms with Crippen LogP contribution in [0.1, 0.15) is 4.88 Å². The van der Waals surface area contributed by atoms with Gasteiger partial charge in [0.05, 0.1) is 12.7 Å². The van der Waals surface area contributed by atoms with Gasteiger partial charge in [0, 0.05) is 33.8 Å². The van der Waals surface area contributed by atoms with Crippen LogP contribution in [0.3, 0.4) is 0 Å². The zero-order valence-corrected chi connectivity index (χ0v) is 17.0. The number of anilines is 1. The molecule has 0 aliphatic rings. The molecule has 1 N–H and O–H groups in total. The minimum atomic E-state index is -0.510. The summed E-state index contributed by atoms with van der Waals surface area (Å²) >= 11 is 7.27. The van der Waals surface area contributed by atoms with Crippen molar-refractivity contribution in [1.29, 1.82) is 0 Å². The van der Waals surface area contributed by atoms with Crippen LogP contribution in [-0.2, 0) is 6.54 Å². The third kappa shape index (κ3) is 3.70. The minimum absolute atomic E-state index is 0.254. The Morgan fingerprint density at radius 2 is 1.97 bits per heavy atom. The molecule has 5 aromatic rings. The molecule has 0 aliphatic heterocycles. The van der Waals surface area contributed by atoms with Crippen molar-refractivity contribution in [3.05, 3.63) is 86.8 Å². The number of fused-ring (bicyclic) bond motifs is 1. The molecular weight excluding hydrogens is 422 g/mol. The van der Waals surface area contributed by atoms with Crippen LogP contribution in [0.4, 0.5) is 5.69 Å². The van der Waals surface area contributed by atoms with Crippen LogP contribution < -0.4 is 10.9 Å². The van der Waals surface area contributed by atoms with E-state index in [-0.39, 0.29) is 5.69 Å². The van der Waals surface area contributed by atoms with Gasteiger partial charge in [-0.1, -0.05) is 41.9 Å². The fraction of sp³-hybridized carbons (Fsp3) is 0.0476. The summed E-state index contributed by atoms with van der Waals surface area (Å²) in [5, 5.41) is 12.7. The maximum Gasteiger partial charge on any atom is 0.364 e. The van der Waals surface area contributed by atoms with E-state index in [1.807, 2.05) is 42.5 Å². The molecule has 9 heteroatoms. The molecule has 3 heterocycles. The summed E-state index contributed by atoms with van der Waals surface area (Å²) < 4.78 is 6.04. The third-order valence-electron chi connectivity index (χ3n) is 4.49. The average Bonchev–Trinajstić information content (AvgIpc) is 3.41. The smallest absolute Gasteiger partial charge is 0.364 e. The van der Waals surface area contributed by atoms with Crippen LogP contribution in [0, 0.1) is 0 Å². The highest BCUT2D eigenvalue weighted by Crippen LogP contribution is 2.23. The molecule has 0 amide bonds. The lowest BCUT2D eigenvalue weighted by atomic mass is 10.2. The van der Waals surface area contributed by atoms with E-state index in [4.69, 9.17) is 16.0 Å². The predicted octanol–water partition coefficient (Wildman–Crippen LogP) is 4.76. The maximum absolute atomic E-state index is 12.6. The lowest BCUT2D eigenvalue weighted by Gasteiger charge is -2.06. The van der Waals surface area contributed by atoms with E-state index in [0.29, 0.717) is 22.3 Å². The Morgan fingerprint density at radius 1 is 1.10 bits per heavy atom. The largest absolute Gasteiger partial charge is 0.421 e. The van der Waals surface area contributed by atoms with E-state index in [9.17, 15) is 4.79 Å². The number of halogens is 1. The lowest BCUT2D eigenvalue weighted by Crippen LogP contribution is -2.12. The van der Waals surface area contributed by atoms with Gasteiger partial charge < -0.3 is 9.73 Å². The molecule has 0 aliphatic carbocycles. The number of hydrogen-bond donors (Lipinski definition) is 1. The Hall–Kier alpha value is -3.49. The van der Waals surface area contributed by atoms with Gasteiger partial charge in [0.25, 0.3) is 0 Å². The van der Waals surface area contributed by atoms with E-state index >= 15 is 0 Å². The van der Waals surface area contributed by atoms with Gasteiger partial charge in [-0.15, -0.1) is 21.2 Å². The Morgan fingerprint density at radius 3 is 2.77 bits per heavy atom. The number of benzene rings is 2. The topological polar surface area (TPSA) is 85.8 Å². The van der Waals surface area contributed by atoms with E-state index in [1.54, 1.807) is 24.5 Å². The van der Waals surface area contributed by atoms with E-state index in [1.165, 1.54) is 16.1 Å². The number of nitrogens with zero attached hydrogens (tertiary/aromatic N) is 4. The predicted molar refractivity (Wildman–Crippen MR) is 117 cm³/mol. The molecule has 0 unspecified atom stereocenters. The van der Waals surface area contributed by atoms with Crippen molar-refractivity contribution in [3.8, 4) is 16.9 Å². The van der Waals surface area contributed by atoms with Crippen LogP contribution >= 0.6 is 22.9 Å². The second kappa shape index (κ2) is 7.74. The Bertz CT molecular complexity index is 1390. The quantitative estimate of drug-likeness (QED) is 0.400. The highest BCUT2D eigenvalue weighted by atomic mass is 35.5. The molecule has 0 fully saturated rings. The van der Waals surface area contributed by atoms with Crippen LogP contribution in [0.15, 0.2) is 76.2 Å².